The molecule has 98 valence electrons. The molecule has 5 nitrogen and oxygen atoms in total. The van der Waals surface area contributed by atoms with Crippen molar-refractivity contribution in [2.45, 2.75) is 27.2 Å². The van der Waals surface area contributed by atoms with Crippen molar-refractivity contribution in [2.75, 3.05) is 33.7 Å². The molecule has 0 spiro atoms. The van der Waals surface area contributed by atoms with Gasteiger partial charge in [-0.1, -0.05) is 20.8 Å². The van der Waals surface area contributed by atoms with Crippen molar-refractivity contribution in [3.8, 4) is 0 Å². The Labute approximate surface area is 99.8 Å². The van der Waals surface area contributed by atoms with E-state index in [-0.39, 0.29) is 5.41 Å². The van der Waals surface area contributed by atoms with Crippen LogP contribution in [0, 0.1) is 5.41 Å². The van der Waals surface area contributed by atoms with E-state index in [4.69, 9.17) is 0 Å². The van der Waals surface area contributed by atoms with Gasteiger partial charge in [0, 0.05) is 20.1 Å². The molecular weight excluding hydrogens is 226 g/mol. The van der Waals surface area contributed by atoms with Crippen LogP contribution in [0.1, 0.15) is 27.2 Å². The van der Waals surface area contributed by atoms with Gasteiger partial charge in [0.25, 0.3) is 10.2 Å². The molecule has 0 saturated heterocycles. The number of hydrogen-bond donors (Lipinski definition) is 2. The third-order valence-electron chi connectivity index (χ3n) is 2.10. The summed E-state index contributed by atoms with van der Waals surface area (Å²) in [5.74, 6) is 0. The van der Waals surface area contributed by atoms with Crippen molar-refractivity contribution < 1.29 is 8.42 Å². The predicted molar refractivity (Wildman–Crippen MR) is 67.6 cm³/mol. The van der Waals surface area contributed by atoms with E-state index in [9.17, 15) is 8.42 Å². The monoisotopic (exact) mass is 251 g/mol. The molecule has 0 saturated carbocycles. The molecule has 0 aliphatic heterocycles. The highest BCUT2D eigenvalue weighted by atomic mass is 32.2. The van der Waals surface area contributed by atoms with Crippen LogP contribution in [0.2, 0.25) is 0 Å². The number of nitrogens with one attached hydrogen (secondary N) is 2. The Morgan fingerprint density at radius 3 is 2.25 bits per heavy atom. The van der Waals surface area contributed by atoms with Crippen LogP contribution in [-0.4, -0.2) is 46.5 Å². The first-order valence-electron chi connectivity index (χ1n) is 5.54. The fraction of sp³-hybridized carbons (Fsp3) is 1.00. The second-order valence-corrected chi connectivity index (χ2v) is 7.03. The SMILES string of the molecule is CNCCCN(C)S(=O)(=O)NCC(C)(C)C. The largest absolute Gasteiger partial charge is 0.320 e. The highest BCUT2D eigenvalue weighted by molar-refractivity contribution is 7.87. The molecule has 0 amide bonds. The van der Waals surface area contributed by atoms with E-state index in [0.29, 0.717) is 13.1 Å². The highest BCUT2D eigenvalue weighted by Gasteiger charge is 2.20. The standard InChI is InChI=1S/C10H25N3O2S/c1-10(2,3)9-12-16(14,15)13(5)8-6-7-11-4/h11-12H,6-9H2,1-5H3. The van der Waals surface area contributed by atoms with Gasteiger partial charge in [-0.25, -0.2) is 4.72 Å². The van der Waals surface area contributed by atoms with Crippen molar-refractivity contribution in [1.29, 1.82) is 0 Å². The van der Waals surface area contributed by atoms with Crippen molar-refractivity contribution >= 4 is 10.2 Å². The van der Waals surface area contributed by atoms with Crippen LogP contribution in [0.25, 0.3) is 0 Å². The molecule has 0 aliphatic carbocycles. The lowest BCUT2D eigenvalue weighted by Crippen LogP contribution is -2.42. The normalized spacial score (nSPS) is 13.4. The van der Waals surface area contributed by atoms with E-state index < -0.39 is 10.2 Å². The Bertz CT molecular complexity index is 283. The van der Waals surface area contributed by atoms with Gasteiger partial charge >= 0.3 is 0 Å². The predicted octanol–water partition coefficient (Wildman–Crippen LogP) is 0.408. The molecule has 2 N–H and O–H groups in total. The fourth-order valence-corrected chi connectivity index (χ4v) is 2.22. The molecule has 0 unspecified atom stereocenters. The summed E-state index contributed by atoms with van der Waals surface area (Å²) < 4.78 is 27.5. The molecule has 16 heavy (non-hydrogen) atoms. The maximum atomic E-state index is 11.8. The van der Waals surface area contributed by atoms with Crippen molar-refractivity contribution in [3.05, 3.63) is 0 Å². The third kappa shape index (κ3) is 7.16. The Balaban J connectivity index is 4.11. The van der Waals surface area contributed by atoms with Gasteiger partial charge in [-0.2, -0.15) is 12.7 Å². The van der Waals surface area contributed by atoms with Crippen LogP contribution in [0.15, 0.2) is 0 Å². The molecule has 0 aromatic carbocycles. The minimum Gasteiger partial charge on any atom is -0.320 e. The van der Waals surface area contributed by atoms with E-state index in [1.807, 2.05) is 27.8 Å². The van der Waals surface area contributed by atoms with Gasteiger partial charge in [-0.15, -0.1) is 0 Å². The summed E-state index contributed by atoms with van der Waals surface area (Å²) in [7, 11) is 0.133. The van der Waals surface area contributed by atoms with Crippen LogP contribution >= 0.6 is 0 Å². The van der Waals surface area contributed by atoms with Gasteiger partial charge in [-0.05, 0) is 25.4 Å². The van der Waals surface area contributed by atoms with E-state index >= 15 is 0 Å². The molecular formula is C10H25N3O2S. The lowest BCUT2D eigenvalue weighted by atomic mass is 9.98. The Kier molecular flexibility index (Phi) is 6.47. The number of rotatable bonds is 7. The molecule has 0 radical (unpaired) electrons. The average molecular weight is 251 g/mol. The second-order valence-electron chi connectivity index (χ2n) is 5.17. The lowest BCUT2D eigenvalue weighted by molar-refractivity contribution is 0.390. The molecule has 0 bridgehead atoms. The summed E-state index contributed by atoms with van der Waals surface area (Å²) >= 11 is 0. The highest BCUT2D eigenvalue weighted by Crippen LogP contribution is 2.11. The first kappa shape index (κ1) is 15.8. The maximum Gasteiger partial charge on any atom is 0.279 e. The van der Waals surface area contributed by atoms with E-state index in [0.717, 1.165) is 13.0 Å². The quantitative estimate of drug-likeness (QED) is 0.644. The molecule has 0 fully saturated rings. The van der Waals surface area contributed by atoms with Crippen LogP contribution in [-0.2, 0) is 10.2 Å². The molecule has 0 aliphatic rings. The molecule has 0 atom stereocenters. The lowest BCUT2D eigenvalue weighted by Gasteiger charge is -2.22. The number of hydrogen-bond acceptors (Lipinski definition) is 3. The van der Waals surface area contributed by atoms with Crippen LogP contribution < -0.4 is 10.0 Å². The Morgan fingerprint density at radius 2 is 1.81 bits per heavy atom. The first-order valence-corrected chi connectivity index (χ1v) is 6.98. The molecule has 0 aromatic heterocycles. The summed E-state index contributed by atoms with van der Waals surface area (Å²) in [6, 6.07) is 0. The van der Waals surface area contributed by atoms with Gasteiger partial charge in [0.1, 0.15) is 0 Å². The third-order valence-corrected chi connectivity index (χ3v) is 3.61. The first-order chi connectivity index (χ1) is 7.19. The number of nitrogens with zero attached hydrogens (tertiary/aromatic N) is 1. The minimum atomic E-state index is -3.32. The summed E-state index contributed by atoms with van der Waals surface area (Å²) in [4.78, 5) is 0. The van der Waals surface area contributed by atoms with Crippen LogP contribution in [0.3, 0.4) is 0 Å². The fourth-order valence-electron chi connectivity index (χ4n) is 1.02. The van der Waals surface area contributed by atoms with Crippen molar-refractivity contribution in [3.63, 3.8) is 0 Å². The van der Waals surface area contributed by atoms with E-state index in [1.54, 1.807) is 7.05 Å². The van der Waals surface area contributed by atoms with E-state index in [2.05, 4.69) is 10.0 Å². The Morgan fingerprint density at radius 1 is 1.25 bits per heavy atom. The Hall–Kier alpha value is -0.170. The van der Waals surface area contributed by atoms with Gasteiger partial charge in [-0.3, -0.25) is 0 Å². The van der Waals surface area contributed by atoms with Crippen molar-refractivity contribution in [2.24, 2.45) is 5.41 Å². The average Bonchev–Trinajstić information content (AvgIpc) is 2.14. The molecule has 0 rings (SSSR count). The summed E-state index contributed by atoms with van der Waals surface area (Å²) in [5, 5.41) is 2.99. The van der Waals surface area contributed by atoms with Gasteiger partial charge < -0.3 is 5.32 Å². The van der Waals surface area contributed by atoms with Gasteiger partial charge in [0.2, 0.25) is 0 Å². The minimum absolute atomic E-state index is 0.0428. The zero-order chi connectivity index (χ0) is 12.8. The van der Waals surface area contributed by atoms with Crippen molar-refractivity contribution in [1.82, 2.24) is 14.3 Å². The summed E-state index contributed by atoms with van der Waals surface area (Å²) in [6.07, 6.45) is 0.809. The zero-order valence-corrected chi connectivity index (χ0v) is 11.8. The van der Waals surface area contributed by atoms with Crippen LogP contribution in [0.5, 0.6) is 0 Å². The van der Waals surface area contributed by atoms with Gasteiger partial charge in [0.05, 0.1) is 0 Å². The van der Waals surface area contributed by atoms with Gasteiger partial charge in [0.15, 0.2) is 0 Å². The molecule has 0 heterocycles. The van der Waals surface area contributed by atoms with Crippen LogP contribution in [0.4, 0.5) is 0 Å². The second kappa shape index (κ2) is 6.54. The summed E-state index contributed by atoms with van der Waals surface area (Å²) in [5.41, 5.74) is -0.0428. The molecule has 6 heteroatoms. The molecule has 0 aromatic rings. The van der Waals surface area contributed by atoms with E-state index in [1.165, 1.54) is 4.31 Å². The smallest absolute Gasteiger partial charge is 0.279 e. The zero-order valence-electron chi connectivity index (χ0n) is 11.0. The topological polar surface area (TPSA) is 61.4 Å². The maximum absolute atomic E-state index is 11.8. The summed E-state index contributed by atoms with van der Waals surface area (Å²) in [6.45, 7) is 7.79.